The number of amides is 1. The minimum Gasteiger partial charge on any atom is -0.483 e. The molecule has 7 nitrogen and oxygen atoms in total. The van der Waals surface area contributed by atoms with Gasteiger partial charge < -0.3 is 31.4 Å². The van der Waals surface area contributed by atoms with Crippen LogP contribution >= 0.6 is 12.6 Å². The molecule has 0 aromatic heterocycles. The van der Waals surface area contributed by atoms with Crippen molar-refractivity contribution in [2.75, 3.05) is 30.7 Å². The van der Waals surface area contributed by atoms with E-state index in [1.165, 1.54) is 0 Å². The standard InChI is InChI=1S/C26H31F2N5O2S/c27-17-10-18(28)12-20(11-17)32-26(34)25(35-21-3-1-2-4-21)24(13-29)33-8-7-31-23(14-33)22-6-5-19(30)9-16(22)15-36/h5-6,9-13,21,23,29,31,36H,1-4,7-8,14-15,30H2,(H,32,34)/b25-24-,29-13?. The molecule has 1 atom stereocenters. The largest absolute Gasteiger partial charge is 0.483 e. The predicted molar refractivity (Wildman–Crippen MR) is 140 cm³/mol. The Morgan fingerprint density at radius 2 is 1.94 bits per heavy atom. The van der Waals surface area contributed by atoms with Crippen molar-refractivity contribution in [1.29, 1.82) is 5.41 Å². The highest BCUT2D eigenvalue weighted by atomic mass is 32.1. The van der Waals surface area contributed by atoms with E-state index in [2.05, 4.69) is 23.3 Å². The van der Waals surface area contributed by atoms with Crippen LogP contribution in [0.2, 0.25) is 0 Å². The van der Waals surface area contributed by atoms with E-state index in [0.717, 1.165) is 61.2 Å². The van der Waals surface area contributed by atoms with Crippen LogP contribution in [0.25, 0.3) is 0 Å². The van der Waals surface area contributed by atoms with Gasteiger partial charge in [-0.05, 0) is 61.1 Å². The number of anilines is 2. The zero-order chi connectivity index (χ0) is 25.7. The van der Waals surface area contributed by atoms with Crippen molar-refractivity contribution >= 4 is 36.1 Å². The molecule has 1 amide bonds. The first kappa shape index (κ1) is 26.0. The summed E-state index contributed by atoms with van der Waals surface area (Å²) in [6, 6.07) is 8.45. The fourth-order valence-electron chi connectivity index (χ4n) is 4.80. The fourth-order valence-corrected chi connectivity index (χ4v) is 5.07. The molecule has 0 spiro atoms. The summed E-state index contributed by atoms with van der Waals surface area (Å²) < 4.78 is 33.6. The number of nitrogens with two attached hydrogens (primary N) is 1. The van der Waals surface area contributed by atoms with Crippen molar-refractivity contribution in [3.63, 3.8) is 0 Å². The van der Waals surface area contributed by atoms with Crippen LogP contribution in [0.15, 0.2) is 47.9 Å². The maximum Gasteiger partial charge on any atom is 0.293 e. The average molecular weight is 516 g/mol. The lowest BCUT2D eigenvalue weighted by atomic mass is 9.98. The molecule has 1 heterocycles. The molecule has 0 bridgehead atoms. The number of allylic oxidation sites excluding steroid dienone is 1. The van der Waals surface area contributed by atoms with Gasteiger partial charge in [0.05, 0.1) is 12.1 Å². The average Bonchev–Trinajstić information content (AvgIpc) is 3.36. The quantitative estimate of drug-likeness (QED) is 0.118. The van der Waals surface area contributed by atoms with Crippen LogP contribution in [0.5, 0.6) is 0 Å². The van der Waals surface area contributed by atoms with Crippen LogP contribution in [0.3, 0.4) is 0 Å². The van der Waals surface area contributed by atoms with Gasteiger partial charge in [0.15, 0.2) is 0 Å². The highest BCUT2D eigenvalue weighted by molar-refractivity contribution is 7.79. The van der Waals surface area contributed by atoms with Gasteiger partial charge in [0, 0.05) is 49.0 Å². The van der Waals surface area contributed by atoms with E-state index < -0.39 is 17.5 Å². The Morgan fingerprint density at radius 3 is 2.61 bits per heavy atom. The second-order valence-electron chi connectivity index (χ2n) is 9.06. The smallest absolute Gasteiger partial charge is 0.293 e. The lowest BCUT2D eigenvalue weighted by Crippen LogP contribution is -2.46. The molecule has 1 unspecified atom stereocenters. The van der Waals surface area contributed by atoms with E-state index >= 15 is 0 Å². The van der Waals surface area contributed by atoms with Gasteiger partial charge in [-0.1, -0.05) is 6.07 Å². The number of nitrogen functional groups attached to an aromatic ring is 1. The van der Waals surface area contributed by atoms with Gasteiger partial charge in [-0.3, -0.25) is 4.79 Å². The Balaban J connectivity index is 1.65. The zero-order valence-corrected chi connectivity index (χ0v) is 20.8. The van der Waals surface area contributed by atoms with Crippen molar-refractivity contribution in [2.24, 2.45) is 0 Å². The SMILES string of the molecule is N=C/C(=C(/OC1CCCC1)C(=O)Nc1cc(F)cc(F)c1)N1CCNC(c2ccc(N)cc2CS)C1. The summed E-state index contributed by atoms with van der Waals surface area (Å²) in [6.45, 7) is 1.65. The van der Waals surface area contributed by atoms with Crippen molar-refractivity contribution in [3.05, 3.63) is 70.6 Å². The van der Waals surface area contributed by atoms with Crippen molar-refractivity contribution in [1.82, 2.24) is 10.2 Å². The number of rotatable bonds is 8. The number of thiol groups is 1. The number of ether oxygens (including phenoxy) is 1. The summed E-state index contributed by atoms with van der Waals surface area (Å²) in [4.78, 5) is 15.3. The number of nitrogens with one attached hydrogen (secondary N) is 3. The Bertz CT molecular complexity index is 1130. The summed E-state index contributed by atoms with van der Waals surface area (Å²) in [5.74, 6) is -1.74. The third kappa shape index (κ3) is 6.17. The first-order valence-corrected chi connectivity index (χ1v) is 12.7. The molecule has 36 heavy (non-hydrogen) atoms. The third-order valence-corrected chi connectivity index (χ3v) is 6.85. The number of carbonyl (C=O) groups excluding carboxylic acids is 1. The second kappa shape index (κ2) is 11.7. The molecule has 10 heteroatoms. The van der Waals surface area contributed by atoms with Crippen LogP contribution in [0, 0.1) is 17.0 Å². The summed E-state index contributed by atoms with van der Waals surface area (Å²) in [6.07, 6.45) is 4.55. The van der Waals surface area contributed by atoms with Gasteiger partial charge in [0.2, 0.25) is 5.76 Å². The number of hydrogen-bond donors (Lipinski definition) is 5. The molecule has 1 saturated carbocycles. The molecule has 5 N–H and O–H groups in total. The number of nitrogens with zero attached hydrogens (tertiary/aromatic N) is 1. The number of hydrogen-bond acceptors (Lipinski definition) is 7. The van der Waals surface area contributed by atoms with Gasteiger partial charge in [-0.2, -0.15) is 12.6 Å². The van der Waals surface area contributed by atoms with Gasteiger partial charge in [0.1, 0.15) is 17.3 Å². The number of halogens is 2. The summed E-state index contributed by atoms with van der Waals surface area (Å²) in [5, 5.41) is 14.2. The van der Waals surface area contributed by atoms with E-state index in [1.807, 2.05) is 23.1 Å². The topological polar surface area (TPSA) is 103 Å². The Kier molecular flexibility index (Phi) is 8.48. The number of benzene rings is 2. The fraction of sp³-hybridized carbons (Fsp3) is 0.385. The molecule has 4 rings (SSSR count). The van der Waals surface area contributed by atoms with Gasteiger partial charge >= 0.3 is 0 Å². The van der Waals surface area contributed by atoms with Crippen LogP contribution in [0.4, 0.5) is 20.2 Å². The zero-order valence-electron chi connectivity index (χ0n) is 19.9. The Morgan fingerprint density at radius 1 is 1.22 bits per heavy atom. The molecule has 2 aromatic rings. The Labute approximate surface area is 215 Å². The maximum atomic E-state index is 13.7. The van der Waals surface area contributed by atoms with E-state index in [1.54, 1.807) is 0 Å². The van der Waals surface area contributed by atoms with Crippen molar-refractivity contribution in [2.45, 2.75) is 43.6 Å². The molecular weight excluding hydrogens is 484 g/mol. The van der Waals surface area contributed by atoms with E-state index in [9.17, 15) is 13.6 Å². The van der Waals surface area contributed by atoms with E-state index in [0.29, 0.717) is 36.8 Å². The predicted octanol–water partition coefficient (Wildman–Crippen LogP) is 4.38. The Hall–Kier alpha value is -3.11. The number of carbonyl (C=O) groups is 1. The second-order valence-corrected chi connectivity index (χ2v) is 9.38. The molecule has 0 radical (unpaired) electrons. The highest BCUT2D eigenvalue weighted by Crippen LogP contribution is 2.29. The minimum absolute atomic E-state index is 0.0195. The lowest BCUT2D eigenvalue weighted by molar-refractivity contribution is -0.117. The van der Waals surface area contributed by atoms with Crippen LogP contribution in [-0.4, -0.2) is 42.8 Å². The third-order valence-electron chi connectivity index (χ3n) is 6.51. The highest BCUT2D eigenvalue weighted by Gasteiger charge is 2.30. The van der Waals surface area contributed by atoms with Crippen LogP contribution in [-0.2, 0) is 15.3 Å². The monoisotopic (exact) mass is 515 g/mol. The first-order chi connectivity index (χ1) is 17.4. The maximum absolute atomic E-state index is 13.7. The van der Waals surface area contributed by atoms with E-state index in [4.69, 9.17) is 15.9 Å². The molecule has 1 aliphatic carbocycles. The molecule has 2 fully saturated rings. The van der Waals surface area contributed by atoms with Gasteiger partial charge in [-0.25, -0.2) is 8.78 Å². The molecule has 1 saturated heterocycles. The van der Waals surface area contributed by atoms with E-state index in [-0.39, 0.29) is 23.6 Å². The van der Waals surface area contributed by atoms with Crippen molar-refractivity contribution in [3.8, 4) is 0 Å². The first-order valence-electron chi connectivity index (χ1n) is 12.0. The normalized spacial score (nSPS) is 19.1. The van der Waals surface area contributed by atoms with Crippen LogP contribution < -0.4 is 16.4 Å². The summed E-state index contributed by atoms with van der Waals surface area (Å²) in [5.41, 5.74) is 8.97. The summed E-state index contributed by atoms with van der Waals surface area (Å²) in [7, 11) is 0. The molecule has 2 aromatic carbocycles. The molecule has 192 valence electrons. The van der Waals surface area contributed by atoms with Gasteiger partial charge in [-0.15, -0.1) is 0 Å². The molecule has 1 aliphatic heterocycles. The van der Waals surface area contributed by atoms with Crippen LogP contribution in [0.1, 0.15) is 42.9 Å². The molecule has 2 aliphatic rings. The number of piperazine rings is 1. The molecular formula is C26H31F2N5O2S. The minimum atomic E-state index is -0.798. The summed E-state index contributed by atoms with van der Waals surface area (Å²) >= 11 is 4.45. The lowest BCUT2D eigenvalue weighted by Gasteiger charge is -2.37. The van der Waals surface area contributed by atoms with Gasteiger partial charge in [0.25, 0.3) is 5.91 Å². The van der Waals surface area contributed by atoms with Crippen molar-refractivity contribution < 1.29 is 18.3 Å².